The first kappa shape index (κ1) is 14.5. The van der Waals surface area contributed by atoms with Crippen molar-refractivity contribution < 1.29 is 23.8 Å². The third-order valence-electron chi connectivity index (χ3n) is 3.63. The fourth-order valence-electron chi connectivity index (χ4n) is 2.46. The Morgan fingerprint density at radius 2 is 2.18 bits per heavy atom. The van der Waals surface area contributed by atoms with Gasteiger partial charge < -0.3 is 23.9 Å². The fourth-order valence-corrected chi connectivity index (χ4v) is 2.46. The van der Waals surface area contributed by atoms with E-state index in [1.165, 1.54) is 19.4 Å². The smallest absolute Gasteiger partial charge is 0.246 e. The zero-order valence-electron chi connectivity index (χ0n) is 12.2. The molecule has 0 unspecified atom stereocenters. The zero-order chi connectivity index (χ0) is 15.5. The minimum atomic E-state index is -0.103. The van der Waals surface area contributed by atoms with E-state index in [-0.39, 0.29) is 17.4 Å². The molecule has 1 aromatic carbocycles. The molecular formula is C16H17NO5. The molecule has 0 radical (unpaired) electrons. The summed E-state index contributed by atoms with van der Waals surface area (Å²) in [6.45, 7) is 2.28. The Kier molecular flexibility index (Phi) is 4.02. The van der Waals surface area contributed by atoms with E-state index >= 15 is 0 Å². The molecule has 1 aromatic heterocycles. The molecule has 3 rings (SSSR count). The summed E-state index contributed by atoms with van der Waals surface area (Å²) in [6.07, 6.45) is 4.56. The number of benzene rings is 1. The quantitative estimate of drug-likeness (QED) is 0.878. The van der Waals surface area contributed by atoms with E-state index in [9.17, 15) is 9.90 Å². The number of fused-ring (bicyclic) bond motifs is 1. The number of hydrogen-bond donors (Lipinski definition) is 1. The minimum Gasteiger partial charge on any atom is -0.504 e. The van der Waals surface area contributed by atoms with Crippen LogP contribution in [0.4, 0.5) is 0 Å². The van der Waals surface area contributed by atoms with Gasteiger partial charge in [-0.2, -0.15) is 0 Å². The second-order valence-corrected chi connectivity index (χ2v) is 4.96. The first-order valence-corrected chi connectivity index (χ1v) is 7.02. The van der Waals surface area contributed by atoms with Crippen LogP contribution in [0.2, 0.25) is 0 Å². The van der Waals surface area contributed by atoms with Crippen LogP contribution < -0.4 is 4.74 Å². The molecule has 6 nitrogen and oxygen atoms in total. The van der Waals surface area contributed by atoms with Crippen LogP contribution in [-0.2, 0) is 9.53 Å². The molecule has 2 heterocycles. The number of furan rings is 1. The summed E-state index contributed by atoms with van der Waals surface area (Å²) in [5.74, 6) is 0.117. The van der Waals surface area contributed by atoms with E-state index < -0.39 is 0 Å². The first-order chi connectivity index (χ1) is 10.7. The Balaban J connectivity index is 1.88. The van der Waals surface area contributed by atoms with Crippen molar-refractivity contribution in [1.82, 2.24) is 4.90 Å². The summed E-state index contributed by atoms with van der Waals surface area (Å²) in [4.78, 5) is 13.8. The number of nitrogens with zero attached hydrogens (tertiary/aromatic N) is 1. The number of carbonyl (C=O) groups excluding carboxylic acids is 1. The van der Waals surface area contributed by atoms with Gasteiger partial charge in [0.1, 0.15) is 0 Å². The van der Waals surface area contributed by atoms with Crippen LogP contribution in [0.5, 0.6) is 11.5 Å². The molecule has 6 heteroatoms. The maximum atomic E-state index is 12.1. The summed E-state index contributed by atoms with van der Waals surface area (Å²) in [7, 11) is 1.46. The Labute approximate surface area is 127 Å². The average Bonchev–Trinajstić information content (AvgIpc) is 3.01. The summed E-state index contributed by atoms with van der Waals surface area (Å²) < 4.78 is 15.7. The molecule has 0 saturated carbocycles. The normalized spacial score (nSPS) is 15.6. The first-order valence-electron chi connectivity index (χ1n) is 7.02. The van der Waals surface area contributed by atoms with Crippen molar-refractivity contribution in [2.75, 3.05) is 33.4 Å². The van der Waals surface area contributed by atoms with Crippen molar-refractivity contribution in [3.05, 3.63) is 30.0 Å². The molecule has 0 aliphatic carbocycles. The van der Waals surface area contributed by atoms with Gasteiger partial charge in [0.05, 0.1) is 26.6 Å². The minimum absolute atomic E-state index is 0.0454. The summed E-state index contributed by atoms with van der Waals surface area (Å²) >= 11 is 0. The average molecular weight is 303 g/mol. The number of hydrogen-bond acceptors (Lipinski definition) is 5. The number of methoxy groups -OCH3 is 1. The van der Waals surface area contributed by atoms with Gasteiger partial charge in [-0.1, -0.05) is 0 Å². The van der Waals surface area contributed by atoms with Gasteiger partial charge in [-0.25, -0.2) is 0 Å². The largest absolute Gasteiger partial charge is 0.504 e. The van der Waals surface area contributed by atoms with Crippen molar-refractivity contribution in [2.24, 2.45) is 0 Å². The van der Waals surface area contributed by atoms with E-state index in [0.29, 0.717) is 37.4 Å². The molecule has 1 fully saturated rings. The van der Waals surface area contributed by atoms with E-state index in [0.717, 1.165) is 5.39 Å². The lowest BCUT2D eigenvalue weighted by atomic mass is 10.1. The summed E-state index contributed by atoms with van der Waals surface area (Å²) in [5, 5.41) is 11.0. The Hall–Kier alpha value is -2.47. The predicted molar refractivity (Wildman–Crippen MR) is 80.9 cm³/mol. The number of aromatic hydroxyl groups is 1. The van der Waals surface area contributed by atoms with Crippen molar-refractivity contribution >= 4 is 23.0 Å². The van der Waals surface area contributed by atoms with E-state index in [4.69, 9.17) is 13.9 Å². The van der Waals surface area contributed by atoms with Crippen molar-refractivity contribution in [3.8, 4) is 11.5 Å². The SMILES string of the molecule is COc1c(O)c(/C=C/C(=O)N2CCOCC2)cc2ccoc12. The number of carbonyl (C=O) groups is 1. The molecular weight excluding hydrogens is 286 g/mol. The van der Waals surface area contributed by atoms with Crippen LogP contribution in [-0.4, -0.2) is 49.3 Å². The number of rotatable bonds is 3. The van der Waals surface area contributed by atoms with Gasteiger partial charge in [0, 0.05) is 30.1 Å². The van der Waals surface area contributed by atoms with Crippen LogP contribution in [0.3, 0.4) is 0 Å². The van der Waals surface area contributed by atoms with Gasteiger partial charge in [0.2, 0.25) is 11.7 Å². The second-order valence-electron chi connectivity index (χ2n) is 4.96. The third-order valence-corrected chi connectivity index (χ3v) is 3.63. The highest BCUT2D eigenvalue weighted by Gasteiger charge is 2.16. The van der Waals surface area contributed by atoms with Gasteiger partial charge in [-0.15, -0.1) is 0 Å². The maximum absolute atomic E-state index is 12.1. The Morgan fingerprint density at radius 1 is 1.41 bits per heavy atom. The van der Waals surface area contributed by atoms with Crippen LogP contribution >= 0.6 is 0 Å². The predicted octanol–water partition coefficient (Wildman–Crippen LogP) is 2.02. The van der Waals surface area contributed by atoms with Gasteiger partial charge in [0.15, 0.2) is 11.3 Å². The van der Waals surface area contributed by atoms with Crippen LogP contribution in [0.15, 0.2) is 28.9 Å². The lowest BCUT2D eigenvalue weighted by molar-refractivity contribution is -0.129. The lowest BCUT2D eigenvalue weighted by Crippen LogP contribution is -2.39. The van der Waals surface area contributed by atoms with Crippen molar-refractivity contribution in [2.45, 2.75) is 0 Å². The Bertz CT molecular complexity index is 713. The molecule has 0 bridgehead atoms. The Morgan fingerprint density at radius 3 is 2.91 bits per heavy atom. The van der Waals surface area contributed by atoms with Gasteiger partial charge in [0.25, 0.3) is 0 Å². The molecule has 1 aliphatic heterocycles. The molecule has 1 N–H and O–H groups in total. The third kappa shape index (κ3) is 2.65. The van der Waals surface area contributed by atoms with E-state index in [1.54, 1.807) is 23.1 Å². The monoisotopic (exact) mass is 303 g/mol. The van der Waals surface area contributed by atoms with Gasteiger partial charge in [-0.05, 0) is 18.2 Å². The van der Waals surface area contributed by atoms with Crippen LogP contribution in [0, 0.1) is 0 Å². The maximum Gasteiger partial charge on any atom is 0.246 e. The molecule has 0 atom stereocenters. The molecule has 22 heavy (non-hydrogen) atoms. The van der Waals surface area contributed by atoms with Gasteiger partial charge in [-0.3, -0.25) is 4.79 Å². The second kappa shape index (κ2) is 6.11. The molecule has 2 aromatic rings. The number of phenolic OH excluding ortho intramolecular Hbond substituents is 1. The summed E-state index contributed by atoms with van der Waals surface area (Å²) in [5.41, 5.74) is 0.990. The lowest BCUT2D eigenvalue weighted by Gasteiger charge is -2.25. The standard InChI is InChI=1S/C16H17NO5/c1-20-16-14(19)11(10-12-4-7-22-15(12)16)2-3-13(18)17-5-8-21-9-6-17/h2-4,7,10,19H,5-6,8-9H2,1H3/b3-2+. The highest BCUT2D eigenvalue weighted by molar-refractivity contribution is 5.95. The molecule has 116 valence electrons. The number of ether oxygens (including phenoxy) is 2. The molecule has 1 aliphatic rings. The topological polar surface area (TPSA) is 72.1 Å². The van der Waals surface area contributed by atoms with Gasteiger partial charge >= 0.3 is 0 Å². The summed E-state index contributed by atoms with van der Waals surface area (Å²) in [6, 6.07) is 3.53. The molecule has 1 amide bonds. The highest BCUT2D eigenvalue weighted by atomic mass is 16.5. The van der Waals surface area contributed by atoms with E-state index in [1.807, 2.05) is 0 Å². The molecule has 0 spiro atoms. The number of phenols is 1. The van der Waals surface area contributed by atoms with Crippen LogP contribution in [0.25, 0.3) is 17.0 Å². The fraction of sp³-hybridized carbons (Fsp3) is 0.312. The zero-order valence-corrected chi connectivity index (χ0v) is 12.2. The van der Waals surface area contributed by atoms with Crippen LogP contribution in [0.1, 0.15) is 5.56 Å². The van der Waals surface area contributed by atoms with E-state index in [2.05, 4.69) is 0 Å². The number of amides is 1. The van der Waals surface area contributed by atoms with Crippen molar-refractivity contribution in [3.63, 3.8) is 0 Å². The highest BCUT2D eigenvalue weighted by Crippen LogP contribution is 2.39. The molecule has 1 saturated heterocycles. The van der Waals surface area contributed by atoms with Crippen molar-refractivity contribution in [1.29, 1.82) is 0 Å². The number of morpholine rings is 1.